The van der Waals surface area contributed by atoms with Crippen LogP contribution in [-0.4, -0.2) is 103 Å². The maximum absolute atomic E-state index is 13.5. The first kappa shape index (κ1) is 39.0. The molecular weight excluding hydrogens is 638 g/mol. The lowest BCUT2D eigenvalue weighted by molar-refractivity contribution is -0.671. The summed E-state index contributed by atoms with van der Waals surface area (Å²) in [5.74, 6) is -3.12. The number of amides is 6. The van der Waals surface area contributed by atoms with Crippen molar-refractivity contribution >= 4 is 45.8 Å². The Morgan fingerprint density at radius 3 is 2.15 bits per heavy atom. The Bertz CT molecular complexity index is 1420. The number of nitrogens with one attached hydrogen (secondary N) is 2. The van der Waals surface area contributed by atoms with Gasteiger partial charge in [0.1, 0.15) is 36.8 Å². The lowest BCUT2D eigenvalue weighted by atomic mass is 10.0. The molecule has 2 aliphatic rings. The molecule has 1 aromatic heterocycles. The van der Waals surface area contributed by atoms with E-state index in [4.69, 9.17) is 11.5 Å². The molecule has 262 valence electrons. The summed E-state index contributed by atoms with van der Waals surface area (Å²) in [7, 11) is -1.81. The van der Waals surface area contributed by atoms with Crippen molar-refractivity contribution in [3.63, 3.8) is 0 Å². The maximum Gasteiger partial charge on any atom is 0.260 e. The SMILES string of the molecule is CC(C)C[C@H](NC(=O)[C@H](CCC(N)=O)NC(=O)[C@@H]1CCCN1C(=O)c1ccc[n+](C)c1)C(=O)N1CCC[C@H]1C(N)=O.COS(=O)(=O)[O-]. The highest BCUT2D eigenvalue weighted by Gasteiger charge is 2.39. The molecule has 2 fully saturated rings. The summed E-state index contributed by atoms with van der Waals surface area (Å²) < 4.78 is 32.8. The average Bonchev–Trinajstić information content (AvgIpc) is 3.68. The second-order valence-electron chi connectivity index (χ2n) is 11.8. The fraction of sp³-hybridized carbons (Fsp3) is 0.621. The number of nitrogens with zero attached hydrogens (tertiary/aromatic N) is 3. The Kier molecular flexibility index (Phi) is 14.7. The zero-order valence-corrected chi connectivity index (χ0v) is 27.9. The van der Waals surface area contributed by atoms with Crippen LogP contribution in [0, 0.1) is 5.92 Å². The van der Waals surface area contributed by atoms with E-state index < -0.39 is 64.1 Å². The van der Waals surface area contributed by atoms with Crippen molar-refractivity contribution in [1.82, 2.24) is 20.4 Å². The molecule has 2 saturated heterocycles. The van der Waals surface area contributed by atoms with Crippen LogP contribution in [0.25, 0.3) is 0 Å². The van der Waals surface area contributed by atoms with Gasteiger partial charge in [0.05, 0.1) is 7.11 Å². The largest absolute Gasteiger partial charge is 0.726 e. The lowest BCUT2D eigenvalue weighted by Gasteiger charge is -2.30. The molecule has 3 heterocycles. The number of carbonyl (C=O) groups excluding carboxylic acids is 6. The molecule has 18 heteroatoms. The number of likely N-dealkylation sites (tertiary alicyclic amines) is 2. The van der Waals surface area contributed by atoms with Crippen LogP contribution in [0.15, 0.2) is 24.5 Å². The van der Waals surface area contributed by atoms with Crippen molar-refractivity contribution in [2.45, 2.75) is 83.0 Å². The Labute approximate surface area is 274 Å². The van der Waals surface area contributed by atoms with Crippen LogP contribution < -0.4 is 26.7 Å². The molecule has 6 amide bonds. The van der Waals surface area contributed by atoms with Crippen LogP contribution in [0.4, 0.5) is 0 Å². The standard InChI is InChI=1S/C28H41N7O6.CH4O4S/c1-17(2)15-20(28(41)34-13-5-8-21(34)24(30)37)32-25(38)19(10-11-23(29)36)31-26(39)22-9-6-14-35(22)27(40)18-7-4-12-33(3)16-18;1-5-6(2,3)4/h4,7,12,16-17,19-22H,5-6,8-11,13-15H2,1-3H3,(H5-,29,30,31,32,36,37,38,39);1H3,(H,2,3,4)/t19-,20-,21-,22-;/m0./s1. The molecule has 0 saturated carbocycles. The minimum absolute atomic E-state index is 0.0235. The molecule has 0 spiro atoms. The van der Waals surface area contributed by atoms with Crippen LogP contribution in [0.3, 0.4) is 0 Å². The quantitative estimate of drug-likeness (QED) is 0.101. The van der Waals surface area contributed by atoms with Crippen LogP contribution >= 0.6 is 0 Å². The monoisotopic (exact) mass is 683 g/mol. The van der Waals surface area contributed by atoms with Crippen molar-refractivity contribution in [2.75, 3.05) is 20.2 Å². The minimum Gasteiger partial charge on any atom is -0.726 e. The summed E-state index contributed by atoms with van der Waals surface area (Å²) in [6, 6.07) is -0.254. The summed E-state index contributed by atoms with van der Waals surface area (Å²) in [6.07, 6.45) is 5.61. The number of pyridine rings is 1. The van der Waals surface area contributed by atoms with Gasteiger partial charge in [-0.05, 0) is 50.5 Å². The molecular formula is C29H45N7O10S. The third-order valence-electron chi connectivity index (χ3n) is 7.71. The Morgan fingerprint density at radius 2 is 1.62 bits per heavy atom. The zero-order valence-electron chi connectivity index (χ0n) is 27.0. The predicted octanol–water partition coefficient (Wildman–Crippen LogP) is -2.03. The first-order valence-corrected chi connectivity index (χ1v) is 16.5. The second kappa shape index (κ2) is 17.7. The van der Waals surface area contributed by atoms with Crippen LogP contribution in [0.5, 0.6) is 0 Å². The van der Waals surface area contributed by atoms with E-state index in [-0.39, 0.29) is 24.7 Å². The van der Waals surface area contributed by atoms with Crippen molar-refractivity contribution in [3.8, 4) is 0 Å². The van der Waals surface area contributed by atoms with Gasteiger partial charge in [0.15, 0.2) is 12.4 Å². The van der Waals surface area contributed by atoms with Gasteiger partial charge >= 0.3 is 0 Å². The number of carbonyl (C=O) groups is 6. The Morgan fingerprint density at radius 1 is 1.02 bits per heavy atom. The second-order valence-corrected chi connectivity index (χ2v) is 13.0. The first-order valence-electron chi connectivity index (χ1n) is 15.2. The zero-order chi connectivity index (χ0) is 35.5. The molecule has 1 aromatic rings. The van der Waals surface area contributed by atoms with Gasteiger partial charge in [-0.15, -0.1) is 0 Å². The van der Waals surface area contributed by atoms with Crippen LogP contribution in [-0.2, 0) is 45.6 Å². The summed E-state index contributed by atoms with van der Waals surface area (Å²) in [6.45, 7) is 4.53. The van der Waals surface area contributed by atoms with Crippen LogP contribution in [0.1, 0.15) is 69.2 Å². The average molecular weight is 684 g/mol. The normalized spacial score (nSPS) is 18.9. The summed E-state index contributed by atoms with van der Waals surface area (Å²) in [5, 5.41) is 5.44. The third kappa shape index (κ3) is 12.2. The highest BCUT2D eigenvalue weighted by molar-refractivity contribution is 7.80. The first-order chi connectivity index (χ1) is 21.9. The molecule has 0 aliphatic carbocycles. The van der Waals surface area contributed by atoms with Crippen LogP contribution in [0.2, 0.25) is 0 Å². The topological polar surface area (TPSA) is 255 Å². The molecule has 2 aliphatic heterocycles. The number of hydrogen-bond acceptors (Lipinski definition) is 10. The maximum atomic E-state index is 13.5. The van der Waals surface area contributed by atoms with Crippen molar-refractivity contribution < 1.29 is 50.5 Å². The number of rotatable bonds is 13. The highest BCUT2D eigenvalue weighted by Crippen LogP contribution is 2.22. The van der Waals surface area contributed by atoms with E-state index in [1.165, 1.54) is 9.80 Å². The number of aryl methyl sites for hydroxylation is 1. The highest BCUT2D eigenvalue weighted by atomic mass is 32.3. The van der Waals surface area contributed by atoms with E-state index in [9.17, 15) is 41.7 Å². The third-order valence-corrected chi connectivity index (χ3v) is 8.11. The van der Waals surface area contributed by atoms with E-state index in [0.29, 0.717) is 50.8 Å². The Hall–Kier alpha value is -4.16. The van der Waals surface area contributed by atoms with E-state index in [1.54, 1.807) is 36.1 Å². The molecule has 0 unspecified atom stereocenters. The van der Waals surface area contributed by atoms with Gasteiger partial charge < -0.3 is 36.5 Å². The molecule has 17 nitrogen and oxygen atoms in total. The molecule has 3 rings (SSSR count). The van der Waals surface area contributed by atoms with Gasteiger partial charge in [-0.2, -0.15) is 0 Å². The molecule has 6 N–H and O–H groups in total. The van der Waals surface area contributed by atoms with E-state index in [1.807, 2.05) is 13.8 Å². The van der Waals surface area contributed by atoms with Gasteiger partial charge in [0, 0.05) is 25.6 Å². The molecule has 4 atom stereocenters. The smallest absolute Gasteiger partial charge is 0.260 e. The van der Waals surface area contributed by atoms with Gasteiger partial charge in [-0.1, -0.05) is 13.8 Å². The van der Waals surface area contributed by atoms with E-state index in [2.05, 4.69) is 14.8 Å². The Balaban J connectivity index is 0.00000117. The molecule has 0 aromatic carbocycles. The fourth-order valence-electron chi connectivity index (χ4n) is 5.48. The van der Waals surface area contributed by atoms with Gasteiger partial charge in [0.25, 0.3) is 5.91 Å². The number of nitrogens with two attached hydrogens (primary N) is 2. The fourth-order valence-corrected chi connectivity index (χ4v) is 5.48. The van der Waals surface area contributed by atoms with Gasteiger partial charge in [-0.3, -0.25) is 33.0 Å². The van der Waals surface area contributed by atoms with Crippen molar-refractivity contribution in [2.24, 2.45) is 24.4 Å². The summed E-state index contributed by atoms with van der Waals surface area (Å²) in [4.78, 5) is 79.8. The molecule has 47 heavy (non-hydrogen) atoms. The predicted molar refractivity (Wildman–Crippen MR) is 164 cm³/mol. The van der Waals surface area contributed by atoms with Crippen molar-refractivity contribution in [1.29, 1.82) is 0 Å². The van der Waals surface area contributed by atoms with E-state index >= 15 is 0 Å². The van der Waals surface area contributed by atoms with Crippen molar-refractivity contribution in [3.05, 3.63) is 30.1 Å². The number of aromatic nitrogens is 1. The van der Waals surface area contributed by atoms with Gasteiger partial charge in [-0.25, -0.2) is 13.0 Å². The summed E-state index contributed by atoms with van der Waals surface area (Å²) in [5.41, 5.74) is 11.3. The molecule has 0 bridgehead atoms. The minimum atomic E-state index is -4.41. The van der Waals surface area contributed by atoms with E-state index in [0.717, 1.165) is 7.11 Å². The van der Waals surface area contributed by atoms with Gasteiger partial charge in [0.2, 0.25) is 39.9 Å². The number of primary amides is 2. The molecule has 0 radical (unpaired) electrons. The lowest BCUT2D eigenvalue weighted by Crippen LogP contribution is -2.58. The summed E-state index contributed by atoms with van der Waals surface area (Å²) >= 11 is 0. The number of hydrogen-bond donors (Lipinski definition) is 4.